The van der Waals surface area contributed by atoms with E-state index in [2.05, 4.69) is 98.3 Å². The first-order chi connectivity index (χ1) is 12.5. The zero-order valence-electron chi connectivity index (χ0n) is 16.9. The zero-order valence-corrected chi connectivity index (χ0v) is 21.8. The van der Waals surface area contributed by atoms with Crippen molar-refractivity contribution in [2.45, 2.75) is 118 Å². The fourth-order valence-electron chi connectivity index (χ4n) is 3.86. The standard InChI is InChI=1S/C20H36S6/c1-5-9-13-17-21-18(14-10-6-2)24-19(22-17,15-11-7-3)26-20(23-17,25-18)16-12-8-4/h5-16H2,1-4H3. The van der Waals surface area contributed by atoms with Crippen molar-refractivity contribution >= 4 is 70.6 Å². The minimum atomic E-state index is 0.424. The van der Waals surface area contributed by atoms with Gasteiger partial charge in [-0.05, 0) is 25.7 Å². The molecule has 0 radical (unpaired) electrons. The molecule has 0 aromatic heterocycles. The van der Waals surface area contributed by atoms with E-state index in [-0.39, 0.29) is 0 Å². The van der Waals surface area contributed by atoms with Crippen molar-refractivity contribution in [2.24, 2.45) is 0 Å². The molecule has 0 amide bonds. The summed E-state index contributed by atoms with van der Waals surface area (Å²) in [5.74, 6) is 0. The maximum Gasteiger partial charge on any atom is 0.113 e. The summed E-state index contributed by atoms with van der Waals surface area (Å²) in [4.78, 5) is 0. The molecule has 0 spiro atoms. The molecule has 0 N–H and O–H groups in total. The van der Waals surface area contributed by atoms with Crippen LogP contribution in [0.1, 0.15) is 105 Å². The van der Waals surface area contributed by atoms with Crippen LogP contribution in [-0.2, 0) is 0 Å². The normalized spacial score (nSPS) is 41.1. The van der Waals surface area contributed by atoms with E-state index in [1.165, 1.54) is 77.0 Å². The zero-order chi connectivity index (χ0) is 18.7. The van der Waals surface area contributed by atoms with Crippen molar-refractivity contribution in [1.82, 2.24) is 0 Å². The molecule has 4 fully saturated rings. The number of hydrogen-bond acceptors (Lipinski definition) is 6. The number of hydrogen-bond donors (Lipinski definition) is 0. The van der Waals surface area contributed by atoms with Crippen molar-refractivity contribution in [3.63, 3.8) is 0 Å². The molecule has 26 heavy (non-hydrogen) atoms. The predicted octanol–water partition coefficient (Wildman–Crippen LogP) is 9.80. The van der Waals surface area contributed by atoms with Crippen molar-refractivity contribution in [3.8, 4) is 0 Å². The van der Waals surface area contributed by atoms with E-state index in [4.69, 9.17) is 0 Å². The third-order valence-corrected chi connectivity index (χ3v) is 17.4. The van der Waals surface area contributed by atoms with Crippen LogP contribution >= 0.6 is 70.6 Å². The van der Waals surface area contributed by atoms with E-state index in [0.717, 1.165) is 0 Å². The van der Waals surface area contributed by atoms with Gasteiger partial charge in [0, 0.05) is 0 Å². The monoisotopic (exact) mass is 468 g/mol. The van der Waals surface area contributed by atoms with E-state index in [0.29, 0.717) is 13.6 Å². The molecule has 4 aliphatic rings. The highest BCUT2D eigenvalue weighted by Crippen LogP contribution is 2.91. The molecule has 4 bridgehead atoms. The summed E-state index contributed by atoms with van der Waals surface area (Å²) in [7, 11) is 0. The molecule has 0 aliphatic carbocycles. The molecular formula is C20H36S6. The number of thioether (sulfide) groups is 6. The van der Waals surface area contributed by atoms with E-state index in [9.17, 15) is 0 Å². The summed E-state index contributed by atoms with van der Waals surface area (Å²) in [6.45, 7) is 9.47. The van der Waals surface area contributed by atoms with Gasteiger partial charge in [0.05, 0.1) is 0 Å². The van der Waals surface area contributed by atoms with Crippen LogP contribution < -0.4 is 0 Å². The Balaban J connectivity index is 1.93. The predicted molar refractivity (Wildman–Crippen MR) is 135 cm³/mol. The third kappa shape index (κ3) is 4.87. The largest absolute Gasteiger partial charge is 0.113 e. The first-order valence-electron chi connectivity index (χ1n) is 10.7. The van der Waals surface area contributed by atoms with Gasteiger partial charge in [0.2, 0.25) is 0 Å². The molecule has 0 aromatic rings. The molecule has 0 nitrogen and oxygen atoms in total. The molecule has 4 saturated heterocycles. The molecule has 4 rings (SSSR count). The Kier molecular flexibility index (Phi) is 8.32. The summed E-state index contributed by atoms with van der Waals surface area (Å²) < 4.78 is 1.69. The van der Waals surface area contributed by atoms with Crippen molar-refractivity contribution in [2.75, 3.05) is 0 Å². The maximum atomic E-state index is 2.38. The van der Waals surface area contributed by atoms with Gasteiger partial charge in [-0.1, -0.05) is 79.1 Å². The molecule has 0 atom stereocenters. The van der Waals surface area contributed by atoms with Crippen LogP contribution in [0.5, 0.6) is 0 Å². The van der Waals surface area contributed by atoms with Gasteiger partial charge >= 0.3 is 0 Å². The highest BCUT2D eigenvalue weighted by Gasteiger charge is 2.71. The van der Waals surface area contributed by atoms with Gasteiger partial charge in [-0.2, -0.15) is 0 Å². The van der Waals surface area contributed by atoms with Gasteiger partial charge in [0.15, 0.2) is 0 Å². The fourth-order valence-corrected chi connectivity index (χ4v) is 25.7. The lowest BCUT2D eigenvalue weighted by atomic mass is 10.3. The third-order valence-electron chi connectivity index (χ3n) is 5.21. The first kappa shape index (κ1) is 22.8. The van der Waals surface area contributed by atoms with Crippen LogP contribution in [0, 0.1) is 0 Å². The first-order valence-corrected chi connectivity index (χ1v) is 15.6. The summed E-state index contributed by atoms with van der Waals surface area (Å²) in [6.07, 6.45) is 16.5. The van der Waals surface area contributed by atoms with E-state index in [1.54, 1.807) is 0 Å². The second kappa shape index (κ2) is 9.49. The van der Waals surface area contributed by atoms with Gasteiger partial charge in [0.25, 0.3) is 0 Å². The highest BCUT2D eigenvalue weighted by atomic mass is 32.4. The quantitative estimate of drug-likeness (QED) is 0.277. The van der Waals surface area contributed by atoms with Gasteiger partial charge in [0.1, 0.15) is 13.6 Å². The fraction of sp³-hybridized carbons (Fsp3) is 1.00. The molecule has 152 valence electrons. The van der Waals surface area contributed by atoms with E-state index < -0.39 is 0 Å². The van der Waals surface area contributed by atoms with Crippen molar-refractivity contribution in [3.05, 3.63) is 0 Å². The summed E-state index contributed by atoms with van der Waals surface area (Å²) in [6, 6.07) is 0. The van der Waals surface area contributed by atoms with E-state index in [1.807, 2.05) is 0 Å². The van der Waals surface area contributed by atoms with Crippen LogP contribution in [0.3, 0.4) is 0 Å². The highest BCUT2D eigenvalue weighted by molar-refractivity contribution is 8.64. The van der Waals surface area contributed by atoms with Gasteiger partial charge < -0.3 is 0 Å². The van der Waals surface area contributed by atoms with Gasteiger partial charge in [-0.3, -0.25) is 0 Å². The molecule has 0 saturated carbocycles. The van der Waals surface area contributed by atoms with Gasteiger partial charge in [-0.25, -0.2) is 0 Å². The molecule has 0 unspecified atom stereocenters. The lowest BCUT2D eigenvalue weighted by molar-refractivity contribution is 0.685. The molecule has 6 heteroatoms. The summed E-state index contributed by atoms with van der Waals surface area (Å²) in [5, 5.41) is 0. The Bertz CT molecular complexity index is 348. The SMILES string of the molecule is CCCCC12SC3(CCCC)SC(CCCC)(S1)SC(CCCC)(S2)S3. The average molecular weight is 469 g/mol. The smallest absolute Gasteiger partial charge is 0.104 e. The van der Waals surface area contributed by atoms with Crippen LogP contribution in [0.4, 0.5) is 0 Å². The van der Waals surface area contributed by atoms with Crippen LogP contribution in [-0.4, -0.2) is 13.6 Å². The minimum Gasteiger partial charge on any atom is -0.104 e. The lowest BCUT2D eigenvalue weighted by Gasteiger charge is -2.67. The van der Waals surface area contributed by atoms with Crippen LogP contribution in [0.15, 0.2) is 0 Å². The topological polar surface area (TPSA) is 0 Å². The minimum absolute atomic E-state index is 0.424. The van der Waals surface area contributed by atoms with E-state index >= 15 is 0 Å². The Morgan fingerprint density at radius 3 is 0.731 bits per heavy atom. The number of unbranched alkanes of at least 4 members (excludes halogenated alkanes) is 4. The Hall–Kier alpha value is 2.10. The second-order valence-corrected chi connectivity index (χ2v) is 20.4. The van der Waals surface area contributed by atoms with Crippen molar-refractivity contribution in [1.29, 1.82) is 0 Å². The molecule has 4 heterocycles. The Morgan fingerprint density at radius 2 is 0.577 bits per heavy atom. The van der Waals surface area contributed by atoms with Crippen LogP contribution in [0.25, 0.3) is 0 Å². The molecule has 0 aromatic carbocycles. The summed E-state index contributed by atoms with van der Waals surface area (Å²) in [5.41, 5.74) is 0. The van der Waals surface area contributed by atoms with Crippen molar-refractivity contribution < 1.29 is 0 Å². The maximum absolute atomic E-state index is 2.38. The molecule has 4 aliphatic heterocycles. The average Bonchev–Trinajstić information content (AvgIpc) is 2.60. The lowest BCUT2D eigenvalue weighted by Crippen LogP contribution is -2.53. The Labute approximate surface area is 187 Å². The summed E-state index contributed by atoms with van der Waals surface area (Å²) >= 11 is 14.3. The number of rotatable bonds is 12. The van der Waals surface area contributed by atoms with Crippen LogP contribution in [0.2, 0.25) is 0 Å². The Morgan fingerprint density at radius 1 is 0.385 bits per heavy atom. The van der Waals surface area contributed by atoms with Gasteiger partial charge in [-0.15, -0.1) is 70.6 Å². The molecular weight excluding hydrogens is 433 g/mol. The second-order valence-electron chi connectivity index (χ2n) is 7.76.